The lowest BCUT2D eigenvalue weighted by Gasteiger charge is -2.08. The maximum Gasteiger partial charge on any atom is 0.308 e. The Labute approximate surface area is 113 Å². The van der Waals surface area contributed by atoms with Crippen molar-refractivity contribution >= 4 is 17.3 Å². The van der Waals surface area contributed by atoms with Crippen molar-refractivity contribution in [1.82, 2.24) is 10.2 Å². The minimum atomic E-state index is -0.764. The normalized spacial score (nSPS) is 11.1. The van der Waals surface area contributed by atoms with Crippen LogP contribution < -0.4 is 5.32 Å². The summed E-state index contributed by atoms with van der Waals surface area (Å²) in [5, 5.41) is 12.1. The van der Waals surface area contributed by atoms with E-state index in [0.717, 1.165) is 24.5 Å². The summed E-state index contributed by atoms with van der Waals surface area (Å²) >= 11 is 1.58. The van der Waals surface area contributed by atoms with Crippen LogP contribution in [0.4, 0.5) is 0 Å². The Kier molecular flexibility index (Phi) is 6.93. The standard InChI is InChI=1S/C13H22N2O2S/c1-15(2)8-4-3-7-14-10-12-6-5-11(18-12)9-13(16)17/h5-6,14H,3-4,7-10H2,1-2H3,(H,16,17). The number of aliphatic carboxylic acids is 1. The molecule has 0 aliphatic heterocycles. The molecule has 0 spiro atoms. The second-order valence-corrected chi connectivity index (χ2v) is 5.88. The van der Waals surface area contributed by atoms with Crippen LogP contribution in [0.15, 0.2) is 12.1 Å². The maximum atomic E-state index is 10.6. The van der Waals surface area contributed by atoms with Crippen LogP contribution in [0, 0.1) is 0 Å². The molecule has 1 rings (SSSR count). The van der Waals surface area contributed by atoms with Crippen molar-refractivity contribution in [3.63, 3.8) is 0 Å². The van der Waals surface area contributed by atoms with E-state index in [0.29, 0.717) is 0 Å². The van der Waals surface area contributed by atoms with E-state index in [4.69, 9.17) is 5.11 Å². The summed E-state index contributed by atoms with van der Waals surface area (Å²) in [7, 11) is 4.17. The first-order valence-corrected chi connectivity index (χ1v) is 7.04. The van der Waals surface area contributed by atoms with E-state index in [1.807, 2.05) is 12.1 Å². The Hall–Kier alpha value is -0.910. The number of carboxylic acids is 1. The number of carboxylic acid groups (broad SMARTS) is 1. The molecule has 18 heavy (non-hydrogen) atoms. The van der Waals surface area contributed by atoms with E-state index in [1.54, 1.807) is 11.3 Å². The molecule has 1 aromatic heterocycles. The molecule has 1 heterocycles. The Morgan fingerprint density at radius 1 is 1.33 bits per heavy atom. The Morgan fingerprint density at radius 2 is 2.06 bits per heavy atom. The molecule has 0 bridgehead atoms. The van der Waals surface area contributed by atoms with Gasteiger partial charge in [0.25, 0.3) is 0 Å². The summed E-state index contributed by atoms with van der Waals surface area (Å²) in [6.07, 6.45) is 2.51. The van der Waals surface area contributed by atoms with Crippen molar-refractivity contribution in [2.45, 2.75) is 25.8 Å². The van der Waals surface area contributed by atoms with Crippen molar-refractivity contribution in [1.29, 1.82) is 0 Å². The van der Waals surface area contributed by atoms with E-state index < -0.39 is 5.97 Å². The van der Waals surface area contributed by atoms with Gasteiger partial charge in [0.2, 0.25) is 0 Å². The average molecular weight is 270 g/mol. The third-order valence-corrected chi connectivity index (χ3v) is 3.64. The van der Waals surface area contributed by atoms with Crippen molar-refractivity contribution in [2.24, 2.45) is 0 Å². The first-order chi connectivity index (χ1) is 8.58. The number of hydrogen-bond acceptors (Lipinski definition) is 4. The zero-order valence-electron chi connectivity index (χ0n) is 11.1. The van der Waals surface area contributed by atoms with Crippen LogP contribution >= 0.6 is 11.3 Å². The molecule has 102 valence electrons. The zero-order chi connectivity index (χ0) is 13.4. The van der Waals surface area contributed by atoms with Gasteiger partial charge in [-0.3, -0.25) is 4.79 Å². The van der Waals surface area contributed by atoms with Gasteiger partial charge >= 0.3 is 5.97 Å². The van der Waals surface area contributed by atoms with Gasteiger partial charge in [-0.1, -0.05) is 0 Å². The van der Waals surface area contributed by atoms with E-state index in [2.05, 4.69) is 24.3 Å². The van der Waals surface area contributed by atoms with Crippen LogP contribution in [0.1, 0.15) is 22.6 Å². The molecule has 5 heteroatoms. The molecule has 0 atom stereocenters. The number of nitrogens with zero attached hydrogens (tertiary/aromatic N) is 1. The van der Waals surface area contributed by atoms with E-state index in [-0.39, 0.29) is 6.42 Å². The molecule has 0 unspecified atom stereocenters. The third kappa shape index (κ3) is 6.74. The number of carbonyl (C=O) groups is 1. The predicted molar refractivity (Wildman–Crippen MR) is 75.2 cm³/mol. The fourth-order valence-electron chi connectivity index (χ4n) is 1.65. The largest absolute Gasteiger partial charge is 0.481 e. The Morgan fingerprint density at radius 3 is 2.72 bits per heavy atom. The molecular weight excluding hydrogens is 248 g/mol. The van der Waals surface area contributed by atoms with E-state index in [9.17, 15) is 4.79 Å². The molecule has 0 saturated heterocycles. The van der Waals surface area contributed by atoms with Crippen LogP contribution in [0.5, 0.6) is 0 Å². The first-order valence-electron chi connectivity index (χ1n) is 6.23. The van der Waals surface area contributed by atoms with Gasteiger partial charge in [-0.05, 0) is 52.2 Å². The molecule has 0 aliphatic rings. The van der Waals surface area contributed by atoms with Gasteiger partial charge < -0.3 is 15.3 Å². The minimum Gasteiger partial charge on any atom is -0.481 e. The van der Waals surface area contributed by atoms with Crippen LogP contribution in [-0.2, 0) is 17.8 Å². The average Bonchev–Trinajstić information content (AvgIpc) is 2.69. The monoisotopic (exact) mass is 270 g/mol. The molecule has 0 saturated carbocycles. The van der Waals surface area contributed by atoms with Crippen molar-refractivity contribution in [3.05, 3.63) is 21.9 Å². The van der Waals surface area contributed by atoms with E-state index in [1.165, 1.54) is 17.7 Å². The lowest BCUT2D eigenvalue weighted by atomic mass is 10.3. The number of unbranched alkanes of at least 4 members (excludes halogenated alkanes) is 1. The number of nitrogens with one attached hydrogen (secondary N) is 1. The van der Waals surface area contributed by atoms with Crippen LogP contribution in [0.2, 0.25) is 0 Å². The Balaban J connectivity index is 2.12. The van der Waals surface area contributed by atoms with Crippen LogP contribution in [0.3, 0.4) is 0 Å². The van der Waals surface area contributed by atoms with Gasteiger partial charge in [-0.2, -0.15) is 0 Å². The summed E-state index contributed by atoms with van der Waals surface area (Å²) < 4.78 is 0. The highest BCUT2D eigenvalue weighted by Gasteiger charge is 2.04. The van der Waals surface area contributed by atoms with Gasteiger partial charge in [0.05, 0.1) is 6.42 Å². The number of thiophene rings is 1. The molecule has 1 aromatic rings. The van der Waals surface area contributed by atoms with Gasteiger partial charge in [0.15, 0.2) is 0 Å². The molecule has 0 aliphatic carbocycles. The fraction of sp³-hybridized carbons (Fsp3) is 0.615. The second-order valence-electron chi connectivity index (χ2n) is 4.63. The summed E-state index contributed by atoms with van der Waals surface area (Å²) in [5.41, 5.74) is 0. The van der Waals surface area contributed by atoms with E-state index >= 15 is 0 Å². The highest BCUT2D eigenvalue weighted by Crippen LogP contribution is 2.16. The maximum absolute atomic E-state index is 10.6. The lowest BCUT2D eigenvalue weighted by molar-refractivity contribution is -0.136. The van der Waals surface area contributed by atoms with Gasteiger partial charge in [0, 0.05) is 16.3 Å². The molecule has 0 amide bonds. The lowest BCUT2D eigenvalue weighted by Crippen LogP contribution is -2.17. The topological polar surface area (TPSA) is 52.6 Å². The SMILES string of the molecule is CN(C)CCCCNCc1ccc(CC(=O)O)s1. The molecule has 0 aromatic carbocycles. The predicted octanol–water partition coefficient (Wildman–Crippen LogP) is 1.81. The van der Waals surface area contributed by atoms with Gasteiger partial charge in [0.1, 0.15) is 0 Å². The molecule has 4 nitrogen and oxygen atoms in total. The van der Waals surface area contributed by atoms with Gasteiger partial charge in [-0.25, -0.2) is 0 Å². The summed E-state index contributed by atoms with van der Waals surface area (Å²) in [6.45, 7) is 2.98. The summed E-state index contributed by atoms with van der Waals surface area (Å²) in [4.78, 5) is 14.9. The highest BCUT2D eigenvalue weighted by molar-refractivity contribution is 7.12. The highest BCUT2D eigenvalue weighted by atomic mass is 32.1. The molecule has 0 fully saturated rings. The van der Waals surface area contributed by atoms with Crippen LogP contribution in [0.25, 0.3) is 0 Å². The first kappa shape index (κ1) is 15.1. The van der Waals surface area contributed by atoms with Crippen LogP contribution in [-0.4, -0.2) is 43.2 Å². The smallest absolute Gasteiger partial charge is 0.308 e. The molecule has 2 N–H and O–H groups in total. The molecular formula is C13H22N2O2S. The number of hydrogen-bond donors (Lipinski definition) is 2. The van der Waals surface area contributed by atoms with Crippen molar-refractivity contribution in [2.75, 3.05) is 27.2 Å². The molecule has 0 radical (unpaired) electrons. The quantitative estimate of drug-likeness (QED) is 0.672. The zero-order valence-corrected chi connectivity index (χ0v) is 11.9. The third-order valence-electron chi connectivity index (χ3n) is 2.55. The second kappa shape index (κ2) is 8.24. The minimum absolute atomic E-state index is 0.132. The van der Waals surface area contributed by atoms with Crippen molar-refractivity contribution < 1.29 is 9.90 Å². The van der Waals surface area contributed by atoms with Crippen molar-refractivity contribution in [3.8, 4) is 0 Å². The Bertz CT molecular complexity index is 364. The summed E-state index contributed by atoms with van der Waals surface area (Å²) in [5.74, 6) is -0.764. The van der Waals surface area contributed by atoms with Gasteiger partial charge in [-0.15, -0.1) is 11.3 Å². The summed E-state index contributed by atoms with van der Waals surface area (Å²) in [6, 6.07) is 3.91. The fourth-order valence-corrected chi connectivity index (χ4v) is 2.63. The number of rotatable bonds is 9.